The summed E-state index contributed by atoms with van der Waals surface area (Å²) in [5.74, 6) is -0.564. The van der Waals surface area contributed by atoms with E-state index < -0.39 is 24.2 Å². The van der Waals surface area contributed by atoms with Crippen LogP contribution < -0.4 is 5.32 Å². The first-order chi connectivity index (χ1) is 16.5. The zero-order valence-electron chi connectivity index (χ0n) is 19.2. The maximum atomic E-state index is 13.1. The Kier molecular flexibility index (Phi) is 7.47. The van der Waals surface area contributed by atoms with Crippen LogP contribution in [0.5, 0.6) is 0 Å². The molecule has 8 heteroatoms. The van der Waals surface area contributed by atoms with E-state index in [1.807, 2.05) is 60.7 Å². The van der Waals surface area contributed by atoms with Crippen LogP contribution in [-0.4, -0.2) is 71.6 Å². The molecule has 180 valence electrons. The molecule has 1 heterocycles. The fourth-order valence-electron chi connectivity index (χ4n) is 4.36. The van der Waals surface area contributed by atoms with Gasteiger partial charge in [-0.3, -0.25) is 9.59 Å². The summed E-state index contributed by atoms with van der Waals surface area (Å²) in [4.78, 5) is 41.8. The van der Waals surface area contributed by atoms with Gasteiger partial charge in [0.1, 0.15) is 12.6 Å². The van der Waals surface area contributed by atoms with Crippen molar-refractivity contribution in [2.75, 3.05) is 32.8 Å². The quantitative estimate of drug-likeness (QED) is 0.652. The Morgan fingerprint density at radius 3 is 2.18 bits per heavy atom. The first-order valence-corrected chi connectivity index (χ1v) is 11.8. The number of hydrogen-bond acceptors (Lipinski definition) is 5. The summed E-state index contributed by atoms with van der Waals surface area (Å²) in [7, 11) is 0. The highest BCUT2D eigenvalue weighted by Gasteiger charge is 2.52. The van der Waals surface area contributed by atoms with E-state index in [1.54, 1.807) is 9.80 Å². The van der Waals surface area contributed by atoms with Crippen LogP contribution in [0, 0.1) is 0 Å². The summed E-state index contributed by atoms with van der Waals surface area (Å²) in [5.41, 5.74) is 1.22. The minimum absolute atomic E-state index is 0.195. The van der Waals surface area contributed by atoms with Gasteiger partial charge in [0.25, 0.3) is 0 Å². The van der Waals surface area contributed by atoms with E-state index in [2.05, 4.69) is 5.32 Å². The molecule has 34 heavy (non-hydrogen) atoms. The first kappa shape index (κ1) is 23.8. The zero-order chi connectivity index (χ0) is 24.0. The molecule has 4 rings (SSSR count). The van der Waals surface area contributed by atoms with E-state index in [-0.39, 0.29) is 18.4 Å². The Morgan fingerprint density at radius 1 is 0.912 bits per heavy atom. The van der Waals surface area contributed by atoms with E-state index >= 15 is 0 Å². The number of benzene rings is 2. The number of nitrogens with one attached hydrogen (secondary N) is 1. The predicted molar refractivity (Wildman–Crippen MR) is 126 cm³/mol. The average molecular weight is 466 g/mol. The van der Waals surface area contributed by atoms with Crippen molar-refractivity contribution < 1.29 is 24.2 Å². The molecule has 2 fully saturated rings. The highest BCUT2D eigenvalue weighted by Crippen LogP contribution is 2.48. The molecule has 8 nitrogen and oxygen atoms in total. The van der Waals surface area contributed by atoms with Gasteiger partial charge in [-0.1, -0.05) is 60.7 Å². The molecule has 3 amide bonds. The second-order valence-corrected chi connectivity index (χ2v) is 8.86. The Labute approximate surface area is 199 Å². The molecule has 2 N–H and O–H groups in total. The summed E-state index contributed by atoms with van der Waals surface area (Å²) >= 11 is 0. The smallest absolute Gasteiger partial charge is 0.410 e. The van der Waals surface area contributed by atoms with Crippen molar-refractivity contribution in [3.63, 3.8) is 0 Å². The molecule has 0 bridgehead atoms. The van der Waals surface area contributed by atoms with Gasteiger partial charge in [0.15, 0.2) is 0 Å². The van der Waals surface area contributed by atoms with Crippen LogP contribution in [0.4, 0.5) is 4.79 Å². The predicted octanol–water partition coefficient (Wildman–Crippen LogP) is 2.07. The minimum atomic E-state index is -1.01. The fourth-order valence-corrected chi connectivity index (χ4v) is 4.36. The number of carbonyl (C=O) groups excluding carboxylic acids is 3. The molecule has 2 aromatic carbocycles. The normalized spacial score (nSPS) is 17.9. The van der Waals surface area contributed by atoms with Crippen molar-refractivity contribution in [2.45, 2.75) is 37.3 Å². The summed E-state index contributed by atoms with van der Waals surface area (Å²) in [5, 5.41) is 12.6. The standard InChI is InChI=1S/C26H31N3O5/c30-18-22(27-24(32)26(12-13-26)21-10-5-2-6-11-21)23(31)28-14-7-15-29(17-16-28)25(33)34-19-20-8-3-1-4-9-20/h1-6,8-11,22,30H,7,12-19H2,(H,27,32). The maximum absolute atomic E-state index is 13.1. The molecule has 0 radical (unpaired) electrons. The largest absolute Gasteiger partial charge is 0.445 e. The van der Waals surface area contributed by atoms with Gasteiger partial charge in [0.2, 0.25) is 11.8 Å². The van der Waals surface area contributed by atoms with Crippen LogP contribution in [0.3, 0.4) is 0 Å². The van der Waals surface area contributed by atoms with E-state index in [9.17, 15) is 19.5 Å². The molecular weight excluding hydrogens is 434 g/mol. The van der Waals surface area contributed by atoms with Gasteiger partial charge in [-0.2, -0.15) is 0 Å². The number of nitrogens with zero attached hydrogens (tertiary/aromatic N) is 2. The second kappa shape index (κ2) is 10.7. The molecule has 0 aromatic heterocycles. The van der Waals surface area contributed by atoms with Crippen LogP contribution in [0.2, 0.25) is 0 Å². The van der Waals surface area contributed by atoms with Gasteiger partial charge >= 0.3 is 6.09 Å². The number of ether oxygens (including phenoxy) is 1. The van der Waals surface area contributed by atoms with Crippen LogP contribution >= 0.6 is 0 Å². The number of amides is 3. The monoisotopic (exact) mass is 465 g/mol. The van der Waals surface area contributed by atoms with Crippen molar-refractivity contribution in [1.29, 1.82) is 0 Å². The lowest BCUT2D eigenvalue weighted by Crippen LogP contribution is -2.53. The van der Waals surface area contributed by atoms with Crippen LogP contribution in [-0.2, 0) is 26.3 Å². The van der Waals surface area contributed by atoms with Gasteiger partial charge in [-0.25, -0.2) is 4.79 Å². The lowest BCUT2D eigenvalue weighted by atomic mass is 9.94. The topological polar surface area (TPSA) is 99.2 Å². The molecule has 2 aliphatic rings. The number of rotatable bonds is 7. The van der Waals surface area contributed by atoms with Gasteiger partial charge in [-0.15, -0.1) is 0 Å². The van der Waals surface area contributed by atoms with Gasteiger partial charge < -0.3 is 25.0 Å². The number of carbonyl (C=O) groups is 3. The Balaban J connectivity index is 1.30. The van der Waals surface area contributed by atoms with Gasteiger partial charge in [0.05, 0.1) is 12.0 Å². The van der Waals surface area contributed by atoms with Crippen molar-refractivity contribution in [1.82, 2.24) is 15.1 Å². The zero-order valence-corrected chi connectivity index (χ0v) is 19.2. The molecule has 2 aromatic rings. The van der Waals surface area contributed by atoms with Crippen molar-refractivity contribution in [3.05, 3.63) is 71.8 Å². The molecule has 1 aliphatic carbocycles. The highest BCUT2D eigenvalue weighted by atomic mass is 16.6. The van der Waals surface area contributed by atoms with Crippen molar-refractivity contribution >= 4 is 17.9 Å². The average Bonchev–Trinajstić information content (AvgIpc) is 3.71. The molecular formula is C26H31N3O5. The third kappa shape index (κ3) is 5.39. The number of aliphatic hydroxyl groups is 1. The summed E-state index contributed by atoms with van der Waals surface area (Å²) in [6.45, 7) is 1.28. The Hall–Kier alpha value is -3.39. The molecule has 1 atom stereocenters. The SMILES string of the molecule is O=C(OCc1ccccc1)N1CCCN(C(=O)C(CO)NC(=O)C2(c3ccccc3)CC2)CC1. The maximum Gasteiger partial charge on any atom is 0.410 e. The molecule has 1 aliphatic heterocycles. The molecule has 1 unspecified atom stereocenters. The third-order valence-corrected chi connectivity index (χ3v) is 6.57. The Bertz CT molecular complexity index is 994. The summed E-state index contributed by atoms with van der Waals surface area (Å²) in [6, 6.07) is 18.0. The molecule has 0 spiro atoms. The van der Waals surface area contributed by atoms with Gasteiger partial charge in [-0.05, 0) is 30.4 Å². The lowest BCUT2D eigenvalue weighted by molar-refractivity contribution is -0.138. The van der Waals surface area contributed by atoms with Crippen molar-refractivity contribution in [3.8, 4) is 0 Å². The highest BCUT2D eigenvalue weighted by molar-refractivity contribution is 5.95. The summed E-state index contributed by atoms with van der Waals surface area (Å²) in [6.07, 6.45) is 1.62. The molecule has 1 saturated heterocycles. The Morgan fingerprint density at radius 2 is 1.53 bits per heavy atom. The number of aliphatic hydroxyl groups excluding tert-OH is 1. The van der Waals surface area contributed by atoms with E-state index in [0.29, 0.717) is 32.6 Å². The van der Waals surface area contributed by atoms with Crippen LogP contribution in [0.15, 0.2) is 60.7 Å². The minimum Gasteiger partial charge on any atom is -0.445 e. The lowest BCUT2D eigenvalue weighted by Gasteiger charge is -2.27. The van der Waals surface area contributed by atoms with Crippen LogP contribution in [0.25, 0.3) is 0 Å². The second-order valence-electron chi connectivity index (χ2n) is 8.86. The first-order valence-electron chi connectivity index (χ1n) is 11.8. The van der Waals surface area contributed by atoms with E-state index in [4.69, 9.17) is 4.74 Å². The van der Waals surface area contributed by atoms with Crippen molar-refractivity contribution in [2.24, 2.45) is 0 Å². The van der Waals surface area contributed by atoms with Crippen LogP contribution in [0.1, 0.15) is 30.4 Å². The molecule has 1 saturated carbocycles. The van der Waals surface area contributed by atoms with Gasteiger partial charge in [0, 0.05) is 26.2 Å². The van der Waals surface area contributed by atoms with E-state index in [0.717, 1.165) is 24.0 Å². The van der Waals surface area contributed by atoms with E-state index in [1.165, 1.54) is 0 Å². The summed E-state index contributed by atoms with van der Waals surface area (Å²) < 4.78 is 5.41. The number of hydrogen-bond donors (Lipinski definition) is 2. The fraction of sp³-hybridized carbons (Fsp3) is 0.423. The third-order valence-electron chi connectivity index (χ3n) is 6.57.